The molecular weight excluding hydrogens is 262 g/mol. The Labute approximate surface area is 117 Å². The fraction of sp³-hybridized carbons (Fsp3) is 0.429. The van der Waals surface area contributed by atoms with Crippen LogP contribution in [0.4, 0.5) is 0 Å². The molecule has 0 radical (unpaired) electrons. The topological polar surface area (TPSA) is 95.9 Å². The number of carboxylic acid groups (broad SMARTS) is 1. The lowest BCUT2D eigenvalue weighted by molar-refractivity contribution is -0.156. The van der Waals surface area contributed by atoms with Crippen LogP contribution in [-0.4, -0.2) is 40.3 Å². The average Bonchev–Trinajstić information content (AvgIpc) is 2.43. The standard InChI is InChI=1S/C14H19NO5/c1-3-11(20-10-7-5-4-6-8-10)12(16)15-9-14(2,19)13(17)18/h4-8,11,19H,3,9H2,1-2H3,(H,15,16)(H,17,18). The van der Waals surface area contributed by atoms with E-state index in [9.17, 15) is 14.7 Å². The largest absolute Gasteiger partial charge is 0.481 e. The molecular formula is C14H19NO5. The lowest BCUT2D eigenvalue weighted by atomic mass is 10.1. The second-order valence-electron chi connectivity index (χ2n) is 4.62. The van der Waals surface area contributed by atoms with Gasteiger partial charge in [-0.15, -0.1) is 0 Å². The van der Waals surface area contributed by atoms with E-state index < -0.39 is 23.6 Å². The first-order valence-corrected chi connectivity index (χ1v) is 6.32. The van der Waals surface area contributed by atoms with Crippen molar-refractivity contribution < 1.29 is 24.5 Å². The molecule has 1 rings (SSSR count). The fourth-order valence-corrected chi connectivity index (χ4v) is 1.43. The van der Waals surface area contributed by atoms with Gasteiger partial charge >= 0.3 is 5.97 Å². The van der Waals surface area contributed by atoms with Gasteiger partial charge in [0.1, 0.15) is 5.75 Å². The number of amides is 1. The minimum absolute atomic E-state index is 0.379. The first kappa shape index (κ1) is 16.0. The Morgan fingerprint density at radius 3 is 2.45 bits per heavy atom. The summed E-state index contributed by atoms with van der Waals surface area (Å²) in [6, 6.07) is 8.86. The highest BCUT2D eigenvalue weighted by atomic mass is 16.5. The zero-order valence-corrected chi connectivity index (χ0v) is 11.5. The summed E-state index contributed by atoms with van der Waals surface area (Å²) in [5, 5.41) is 20.7. The van der Waals surface area contributed by atoms with Gasteiger partial charge in [-0.3, -0.25) is 4.79 Å². The van der Waals surface area contributed by atoms with Crippen LogP contribution in [0, 0.1) is 0 Å². The molecule has 2 unspecified atom stereocenters. The third-order valence-corrected chi connectivity index (χ3v) is 2.75. The molecule has 6 nitrogen and oxygen atoms in total. The van der Waals surface area contributed by atoms with Crippen molar-refractivity contribution in [3.05, 3.63) is 30.3 Å². The molecule has 0 fully saturated rings. The SMILES string of the molecule is CCC(Oc1ccccc1)C(=O)NCC(C)(O)C(=O)O. The monoisotopic (exact) mass is 281 g/mol. The van der Waals surface area contributed by atoms with Crippen molar-refractivity contribution in [2.45, 2.75) is 32.0 Å². The summed E-state index contributed by atoms with van der Waals surface area (Å²) in [4.78, 5) is 22.6. The highest BCUT2D eigenvalue weighted by Gasteiger charge is 2.31. The molecule has 1 aromatic rings. The molecule has 2 atom stereocenters. The Hall–Kier alpha value is -2.08. The lowest BCUT2D eigenvalue weighted by Gasteiger charge is -2.21. The summed E-state index contributed by atoms with van der Waals surface area (Å²) in [5.74, 6) is -1.30. The Kier molecular flexibility index (Phi) is 5.52. The van der Waals surface area contributed by atoms with Gasteiger partial charge in [-0.25, -0.2) is 4.79 Å². The molecule has 6 heteroatoms. The molecule has 0 spiro atoms. The van der Waals surface area contributed by atoms with Gasteiger partial charge in [0.15, 0.2) is 11.7 Å². The number of carboxylic acids is 1. The normalized spacial score (nSPS) is 14.9. The molecule has 110 valence electrons. The Morgan fingerprint density at radius 2 is 1.95 bits per heavy atom. The molecule has 20 heavy (non-hydrogen) atoms. The molecule has 0 aliphatic heterocycles. The minimum Gasteiger partial charge on any atom is -0.481 e. The number of carbonyl (C=O) groups excluding carboxylic acids is 1. The van der Waals surface area contributed by atoms with E-state index in [1.165, 1.54) is 0 Å². The maximum Gasteiger partial charge on any atom is 0.337 e. The van der Waals surface area contributed by atoms with Gasteiger partial charge in [-0.2, -0.15) is 0 Å². The highest BCUT2D eigenvalue weighted by molar-refractivity contribution is 5.83. The number of carbonyl (C=O) groups is 2. The molecule has 0 bridgehead atoms. The van der Waals surface area contributed by atoms with Crippen molar-refractivity contribution >= 4 is 11.9 Å². The van der Waals surface area contributed by atoms with E-state index in [0.29, 0.717) is 12.2 Å². The molecule has 0 aliphatic rings. The first-order chi connectivity index (χ1) is 9.36. The van der Waals surface area contributed by atoms with Crippen molar-refractivity contribution in [3.63, 3.8) is 0 Å². The van der Waals surface area contributed by atoms with E-state index in [1.54, 1.807) is 31.2 Å². The number of ether oxygens (including phenoxy) is 1. The van der Waals surface area contributed by atoms with E-state index >= 15 is 0 Å². The van der Waals surface area contributed by atoms with Crippen molar-refractivity contribution in [1.29, 1.82) is 0 Å². The summed E-state index contributed by atoms with van der Waals surface area (Å²) < 4.78 is 5.51. The summed E-state index contributed by atoms with van der Waals surface area (Å²) in [5.41, 5.74) is -2.00. The van der Waals surface area contributed by atoms with Gasteiger partial charge in [-0.1, -0.05) is 25.1 Å². The lowest BCUT2D eigenvalue weighted by Crippen LogP contribution is -2.49. The van der Waals surface area contributed by atoms with Gasteiger partial charge in [0.25, 0.3) is 5.91 Å². The molecule has 0 aromatic heterocycles. The average molecular weight is 281 g/mol. The van der Waals surface area contributed by atoms with Gasteiger partial charge in [-0.05, 0) is 25.5 Å². The second-order valence-corrected chi connectivity index (χ2v) is 4.62. The third kappa shape index (κ3) is 4.55. The van der Waals surface area contributed by atoms with Crippen LogP contribution in [0.3, 0.4) is 0 Å². The highest BCUT2D eigenvalue weighted by Crippen LogP contribution is 2.12. The predicted molar refractivity (Wildman–Crippen MR) is 72.4 cm³/mol. The van der Waals surface area contributed by atoms with Crippen LogP contribution in [0.25, 0.3) is 0 Å². The molecule has 0 heterocycles. The molecule has 1 amide bonds. The van der Waals surface area contributed by atoms with E-state index in [1.807, 2.05) is 6.07 Å². The number of nitrogens with one attached hydrogen (secondary N) is 1. The van der Waals surface area contributed by atoms with Crippen LogP contribution >= 0.6 is 0 Å². The second kappa shape index (κ2) is 6.91. The van der Waals surface area contributed by atoms with E-state index in [-0.39, 0.29) is 6.54 Å². The smallest absolute Gasteiger partial charge is 0.337 e. The fourth-order valence-electron chi connectivity index (χ4n) is 1.43. The van der Waals surface area contributed by atoms with E-state index in [0.717, 1.165) is 6.92 Å². The van der Waals surface area contributed by atoms with Crippen LogP contribution in [0.1, 0.15) is 20.3 Å². The Morgan fingerprint density at radius 1 is 1.35 bits per heavy atom. The summed E-state index contributed by atoms with van der Waals surface area (Å²) in [7, 11) is 0. The van der Waals surface area contributed by atoms with Gasteiger partial charge in [0, 0.05) is 0 Å². The van der Waals surface area contributed by atoms with Crippen LogP contribution in [0.5, 0.6) is 5.75 Å². The molecule has 0 saturated heterocycles. The Balaban J connectivity index is 2.58. The first-order valence-electron chi connectivity index (χ1n) is 6.32. The van der Waals surface area contributed by atoms with Crippen LogP contribution in [-0.2, 0) is 9.59 Å². The molecule has 0 aliphatic carbocycles. The number of benzene rings is 1. The van der Waals surface area contributed by atoms with Crippen molar-refractivity contribution in [2.75, 3.05) is 6.54 Å². The number of hydrogen-bond acceptors (Lipinski definition) is 4. The van der Waals surface area contributed by atoms with Gasteiger partial charge in [0.2, 0.25) is 0 Å². The number of rotatable bonds is 7. The van der Waals surface area contributed by atoms with Crippen LogP contribution in [0.2, 0.25) is 0 Å². The molecule has 3 N–H and O–H groups in total. The minimum atomic E-state index is -2.00. The van der Waals surface area contributed by atoms with Crippen molar-refractivity contribution in [2.24, 2.45) is 0 Å². The van der Waals surface area contributed by atoms with Gasteiger partial charge < -0.3 is 20.3 Å². The zero-order valence-electron chi connectivity index (χ0n) is 11.5. The summed E-state index contributed by atoms with van der Waals surface area (Å²) >= 11 is 0. The number of aliphatic hydroxyl groups is 1. The third-order valence-electron chi connectivity index (χ3n) is 2.75. The number of hydrogen-bond donors (Lipinski definition) is 3. The quantitative estimate of drug-likeness (QED) is 0.687. The number of para-hydroxylation sites is 1. The van der Waals surface area contributed by atoms with E-state index in [2.05, 4.69) is 5.32 Å². The van der Waals surface area contributed by atoms with Crippen LogP contribution in [0.15, 0.2) is 30.3 Å². The summed E-state index contributed by atoms with van der Waals surface area (Å²) in [6.45, 7) is 2.52. The number of aliphatic carboxylic acids is 1. The molecule has 1 aromatic carbocycles. The maximum atomic E-state index is 11.9. The zero-order chi connectivity index (χ0) is 15.2. The van der Waals surface area contributed by atoms with E-state index in [4.69, 9.17) is 9.84 Å². The van der Waals surface area contributed by atoms with Crippen LogP contribution < -0.4 is 10.1 Å². The summed E-state index contributed by atoms with van der Waals surface area (Å²) in [6.07, 6.45) is -0.308. The predicted octanol–water partition coefficient (Wildman–Crippen LogP) is 0.796. The maximum absolute atomic E-state index is 11.9. The Bertz CT molecular complexity index is 458. The molecule has 0 saturated carbocycles. The van der Waals surface area contributed by atoms with Gasteiger partial charge in [0.05, 0.1) is 6.54 Å². The van der Waals surface area contributed by atoms with Crippen molar-refractivity contribution in [1.82, 2.24) is 5.32 Å². The van der Waals surface area contributed by atoms with Crippen molar-refractivity contribution in [3.8, 4) is 5.75 Å².